The van der Waals surface area contributed by atoms with Crippen LogP contribution in [0.3, 0.4) is 0 Å². The van der Waals surface area contributed by atoms with Crippen LogP contribution in [0.1, 0.15) is 0 Å². The van der Waals surface area contributed by atoms with Gasteiger partial charge in [-0.15, -0.1) is 11.3 Å². The van der Waals surface area contributed by atoms with Gasteiger partial charge in [-0.25, -0.2) is 4.98 Å². The van der Waals surface area contributed by atoms with Gasteiger partial charge in [-0.1, -0.05) is 103 Å². The molecule has 0 saturated heterocycles. The molecule has 8 rings (SSSR count). The van der Waals surface area contributed by atoms with Gasteiger partial charge in [0.1, 0.15) is 0 Å². The molecule has 0 atom stereocenters. The fourth-order valence-corrected chi connectivity index (χ4v) is 6.40. The van der Waals surface area contributed by atoms with Crippen LogP contribution in [0.5, 0.6) is 0 Å². The first-order valence-electron chi connectivity index (χ1n) is 13.1. The molecule has 0 saturated carbocycles. The van der Waals surface area contributed by atoms with Crippen LogP contribution in [0, 0.1) is 0 Å². The van der Waals surface area contributed by atoms with Gasteiger partial charge in [0.2, 0.25) is 0 Å². The van der Waals surface area contributed by atoms with E-state index in [-0.39, 0.29) is 0 Å². The number of para-hydroxylation sites is 2. The van der Waals surface area contributed by atoms with Gasteiger partial charge >= 0.3 is 0 Å². The maximum atomic E-state index is 5.05. The van der Waals surface area contributed by atoms with Gasteiger partial charge in [0.05, 0.1) is 22.4 Å². The van der Waals surface area contributed by atoms with Gasteiger partial charge in [0.15, 0.2) is 4.96 Å². The Balaban J connectivity index is 1.24. The quantitative estimate of drug-likeness (QED) is 0.228. The normalized spacial score (nSPS) is 11.6. The second-order valence-electron chi connectivity index (χ2n) is 9.72. The van der Waals surface area contributed by atoms with Crippen LogP contribution < -0.4 is 0 Å². The number of fused-ring (bicyclic) bond motifs is 4. The number of nitrogens with zero attached hydrogens (tertiary/aromatic N) is 3. The Morgan fingerprint density at radius 1 is 0.513 bits per heavy atom. The minimum Gasteiger partial charge on any atom is -0.309 e. The number of benzene rings is 5. The molecule has 0 aliphatic carbocycles. The van der Waals surface area contributed by atoms with Crippen molar-refractivity contribution in [2.75, 3.05) is 0 Å². The van der Waals surface area contributed by atoms with Crippen LogP contribution in [0.2, 0.25) is 0 Å². The molecule has 184 valence electrons. The Morgan fingerprint density at radius 3 is 1.77 bits per heavy atom. The van der Waals surface area contributed by atoms with E-state index in [1.165, 1.54) is 32.9 Å². The molecule has 3 heterocycles. The lowest BCUT2D eigenvalue weighted by atomic mass is 10.0. The van der Waals surface area contributed by atoms with Gasteiger partial charge in [0, 0.05) is 39.2 Å². The summed E-state index contributed by atoms with van der Waals surface area (Å²) >= 11 is 1.66. The minimum absolute atomic E-state index is 0.999. The predicted molar refractivity (Wildman–Crippen MR) is 164 cm³/mol. The first kappa shape index (κ1) is 22.1. The van der Waals surface area contributed by atoms with E-state index in [0.717, 1.165) is 33.2 Å². The topological polar surface area (TPSA) is 22.2 Å². The molecule has 0 spiro atoms. The lowest BCUT2D eigenvalue weighted by molar-refractivity contribution is 1.18. The smallest absolute Gasteiger partial charge is 0.194 e. The van der Waals surface area contributed by atoms with Crippen LogP contribution >= 0.6 is 11.3 Å². The Labute approximate surface area is 229 Å². The molecule has 4 heteroatoms. The molecule has 0 aliphatic heterocycles. The van der Waals surface area contributed by atoms with E-state index >= 15 is 0 Å². The summed E-state index contributed by atoms with van der Waals surface area (Å²) in [5, 5.41) is 4.64. The Bertz CT molecular complexity index is 2040. The predicted octanol–water partition coefficient (Wildman–Crippen LogP) is 9.49. The molecule has 0 radical (unpaired) electrons. The second kappa shape index (κ2) is 8.83. The summed E-state index contributed by atoms with van der Waals surface area (Å²) in [5.41, 5.74) is 10.4. The van der Waals surface area contributed by atoms with Crippen molar-refractivity contribution in [1.82, 2.24) is 14.0 Å². The maximum Gasteiger partial charge on any atom is 0.194 e. The van der Waals surface area contributed by atoms with E-state index < -0.39 is 0 Å². The third-order valence-corrected chi connectivity index (χ3v) is 8.26. The zero-order valence-electron chi connectivity index (χ0n) is 21.0. The van der Waals surface area contributed by atoms with Crippen LogP contribution in [-0.2, 0) is 0 Å². The number of aromatic nitrogens is 3. The third-order valence-electron chi connectivity index (χ3n) is 7.51. The summed E-state index contributed by atoms with van der Waals surface area (Å²) in [7, 11) is 0. The summed E-state index contributed by atoms with van der Waals surface area (Å²) in [5.74, 6) is 0. The number of hydrogen-bond donors (Lipinski definition) is 0. The van der Waals surface area contributed by atoms with Crippen molar-refractivity contribution in [3.63, 3.8) is 0 Å². The zero-order valence-corrected chi connectivity index (χ0v) is 21.8. The average molecular weight is 518 g/mol. The fraction of sp³-hybridized carbons (Fsp3) is 0. The van der Waals surface area contributed by atoms with Gasteiger partial charge in [0.25, 0.3) is 0 Å². The molecular weight excluding hydrogens is 494 g/mol. The molecule has 0 aliphatic rings. The lowest BCUT2D eigenvalue weighted by Crippen LogP contribution is -1.94. The summed E-state index contributed by atoms with van der Waals surface area (Å²) in [6.45, 7) is 0. The zero-order chi connectivity index (χ0) is 25.8. The SMILES string of the molecule is c1ccc(-c2ccc(-c3nc4sccn4c3-c3ccc(-n4c5ccccc5c5ccccc54)cc3)cc2)cc1. The van der Waals surface area contributed by atoms with E-state index in [1.807, 2.05) is 0 Å². The van der Waals surface area contributed by atoms with Gasteiger partial charge in [-0.05, 0) is 35.4 Å². The first-order valence-corrected chi connectivity index (χ1v) is 13.9. The molecule has 3 nitrogen and oxygen atoms in total. The van der Waals surface area contributed by atoms with Crippen molar-refractivity contribution in [3.05, 3.63) is 139 Å². The molecule has 3 aromatic heterocycles. The van der Waals surface area contributed by atoms with Crippen molar-refractivity contribution in [2.45, 2.75) is 0 Å². The molecule has 0 fully saturated rings. The molecule has 8 aromatic rings. The van der Waals surface area contributed by atoms with Gasteiger partial charge < -0.3 is 4.57 Å². The highest BCUT2D eigenvalue weighted by atomic mass is 32.1. The summed E-state index contributed by atoms with van der Waals surface area (Å²) < 4.78 is 4.56. The van der Waals surface area contributed by atoms with E-state index in [2.05, 4.69) is 148 Å². The standard InChI is InChI=1S/C35H23N3S/c1-2-8-24(9-3-1)25-14-16-26(17-15-25)33-34(37-22-23-39-35(37)36-33)27-18-20-28(21-19-27)38-31-12-6-4-10-29(31)30-11-5-7-13-32(30)38/h1-23H. The highest BCUT2D eigenvalue weighted by Gasteiger charge is 2.18. The number of thiazole rings is 1. The maximum absolute atomic E-state index is 5.05. The Hall–Kier alpha value is -4.93. The molecule has 0 bridgehead atoms. The van der Waals surface area contributed by atoms with Crippen molar-refractivity contribution in [3.8, 4) is 39.3 Å². The molecule has 0 amide bonds. The summed E-state index contributed by atoms with van der Waals surface area (Å²) in [6, 6.07) is 45.4. The Kier molecular flexibility index (Phi) is 5.00. The van der Waals surface area contributed by atoms with Crippen LogP contribution in [-0.4, -0.2) is 14.0 Å². The minimum atomic E-state index is 0.999. The number of imidazole rings is 1. The Morgan fingerprint density at radius 2 is 1.08 bits per heavy atom. The first-order chi connectivity index (χ1) is 19.3. The van der Waals surface area contributed by atoms with Crippen molar-refractivity contribution >= 4 is 38.1 Å². The molecular formula is C35H23N3S. The van der Waals surface area contributed by atoms with Crippen molar-refractivity contribution in [1.29, 1.82) is 0 Å². The van der Waals surface area contributed by atoms with E-state index in [0.29, 0.717) is 0 Å². The molecule has 39 heavy (non-hydrogen) atoms. The van der Waals surface area contributed by atoms with Gasteiger partial charge in [-0.2, -0.15) is 0 Å². The van der Waals surface area contributed by atoms with Crippen molar-refractivity contribution < 1.29 is 0 Å². The number of rotatable bonds is 4. The molecule has 5 aromatic carbocycles. The largest absolute Gasteiger partial charge is 0.309 e. The highest BCUT2D eigenvalue weighted by molar-refractivity contribution is 7.15. The fourth-order valence-electron chi connectivity index (χ4n) is 5.68. The average Bonchev–Trinajstić information content (AvgIpc) is 3.70. The van der Waals surface area contributed by atoms with E-state index in [4.69, 9.17) is 4.98 Å². The van der Waals surface area contributed by atoms with Crippen LogP contribution in [0.4, 0.5) is 0 Å². The summed E-state index contributed by atoms with van der Waals surface area (Å²) in [6.07, 6.45) is 2.12. The van der Waals surface area contributed by atoms with E-state index in [9.17, 15) is 0 Å². The number of hydrogen-bond acceptors (Lipinski definition) is 2. The van der Waals surface area contributed by atoms with Crippen molar-refractivity contribution in [2.24, 2.45) is 0 Å². The lowest BCUT2D eigenvalue weighted by Gasteiger charge is -2.10. The monoisotopic (exact) mass is 517 g/mol. The van der Waals surface area contributed by atoms with Crippen LogP contribution in [0.25, 0.3) is 66.1 Å². The third kappa shape index (κ3) is 3.53. The summed E-state index contributed by atoms with van der Waals surface area (Å²) in [4.78, 5) is 6.05. The van der Waals surface area contributed by atoms with E-state index in [1.54, 1.807) is 11.3 Å². The van der Waals surface area contributed by atoms with Crippen LogP contribution in [0.15, 0.2) is 139 Å². The second-order valence-corrected chi connectivity index (χ2v) is 10.6. The highest BCUT2D eigenvalue weighted by Crippen LogP contribution is 2.37. The van der Waals surface area contributed by atoms with Gasteiger partial charge in [-0.3, -0.25) is 4.40 Å². The molecule has 0 unspecified atom stereocenters. The molecule has 0 N–H and O–H groups in total.